The summed E-state index contributed by atoms with van der Waals surface area (Å²) in [7, 11) is 0. The molecular formula is C32H35FN6O7S. The minimum Gasteiger partial charge on any atom is -0.465 e. The van der Waals surface area contributed by atoms with E-state index in [1.54, 1.807) is 47.5 Å². The van der Waals surface area contributed by atoms with Crippen molar-refractivity contribution in [3.05, 3.63) is 81.8 Å². The summed E-state index contributed by atoms with van der Waals surface area (Å²) in [5.74, 6) is -1.03. The number of piperidine rings is 1. The minimum absolute atomic E-state index is 0.227. The van der Waals surface area contributed by atoms with E-state index in [0.29, 0.717) is 60.1 Å². The molecule has 3 aromatic rings. The van der Waals surface area contributed by atoms with Gasteiger partial charge in [-0.1, -0.05) is 0 Å². The van der Waals surface area contributed by atoms with Crippen LogP contribution in [0.4, 0.5) is 9.18 Å². The van der Waals surface area contributed by atoms with Crippen molar-refractivity contribution in [1.29, 1.82) is 5.41 Å². The van der Waals surface area contributed by atoms with E-state index in [2.05, 4.69) is 10.6 Å². The number of likely N-dealkylation sites (tertiary alicyclic amines) is 1. The Morgan fingerprint density at radius 3 is 2.45 bits per heavy atom. The van der Waals surface area contributed by atoms with Crippen molar-refractivity contribution in [3.8, 4) is 11.5 Å². The van der Waals surface area contributed by atoms with Crippen molar-refractivity contribution in [2.75, 3.05) is 26.3 Å². The van der Waals surface area contributed by atoms with Gasteiger partial charge >= 0.3 is 6.09 Å². The highest BCUT2D eigenvalue weighted by Crippen LogP contribution is 2.59. The van der Waals surface area contributed by atoms with Gasteiger partial charge in [0.05, 0.1) is 25.8 Å². The molecule has 2 heterocycles. The number of thiophene rings is 1. The monoisotopic (exact) mass is 666 g/mol. The second-order valence-electron chi connectivity index (χ2n) is 11.5. The quantitative estimate of drug-likeness (QED) is 0.0909. The van der Waals surface area contributed by atoms with Gasteiger partial charge in [0.2, 0.25) is 11.8 Å². The van der Waals surface area contributed by atoms with E-state index >= 15 is 0 Å². The van der Waals surface area contributed by atoms with Crippen LogP contribution in [0.15, 0.2) is 60.0 Å². The lowest BCUT2D eigenvalue weighted by Crippen LogP contribution is -2.51. The van der Waals surface area contributed by atoms with Gasteiger partial charge in [0.1, 0.15) is 29.2 Å². The molecule has 13 nitrogen and oxygen atoms in total. The number of carbonyl (C=O) groups excluding carboxylic acids is 3. The molecule has 0 bridgehead atoms. The van der Waals surface area contributed by atoms with Crippen LogP contribution in [0.5, 0.6) is 11.5 Å². The minimum atomic E-state index is -1.35. The van der Waals surface area contributed by atoms with Crippen LogP contribution in [-0.4, -0.2) is 78.0 Å². The zero-order chi connectivity index (χ0) is 33.7. The second-order valence-corrected chi connectivity index (χ2v) is 12.4. The lowest BCUT2D eigenvalue weighted by molar-refractivity contribution is -0.139. The molecule has 2 aromatic carbocycles. The molecule has 47 heavy (non-hydrogen) atoms. The highest BCUT2D eigenvalue weighted by molar-refractivity contribution is 7.10. The van der Waals surface area contributed by atoms with Crippen LogP contribution in [0.1, 0.15) is 46.6 Å². The Morgan fingerprint density at radius 1 is 1.11 bits per heavy atom. The fourth-order valence-electron chi connectivity index (χ4n) is 5.71. The largest absolute Gasteiger partial charge is 0.465 e. The maximum absolute atomic E-state index is 13.6. The fourth-order valence-corrected chi connectivity index (χ4v) is 6.62. The molecule has 0 spiro atoms. The van der Waals surface area contributed by atoms with Crippen molar-refractivity contribution in [2.24, 2.45) is 11.1 Å². The summed E-state index contributed by atoms with van der Waals surface area (Å²) in [6, 6.07) is 11.9. The first-order valence-corrected chi connectivity index (χ1v) is 15.8. The van der Waals surface area contributed by atoms with Gasteiger partial charge in [0, 0.05) is 39.4 Å². The molecule has 7 N–H and O–H groups in total. The van der Waals surface area contributed by atoms with Crippen LogP contribution in [0.25, 0.3) is 0 Å². The molecule has 1 saturated heterocycles. The van der Waals surface area contributed by atoms with Gasteiger partial charge in [0.15, 0.2) is 0 Å². The van der Waals surface area contributed by atoms with Gasteiger partial charge in [-0.05, 0) is 74.4 Å². The number of ether oxygens (including phenoxy) is 2. The van der Waals surface area contributed by atoms with Gasteiger partial charge in [0.25, 0.3) is 5.91 Å². The molecular weight excluding hydrogens is 631 g/mol. The third-order valence-electron chi connectivity index (χ3n) is 8.15. The first-order chi connectivity index (χ1) is 22.5. The molecule has 4 atom stereocenters. The average Bonchev–Trinajstić information content (AvgIpc) is 3.35. The fraction of sp³-hybridized carbons (Fsp3) is 0.344. The standard InChI is InChI=1S/C32H35FN6O7S/c1-18(25-12-20(16-47-25)28(35)38-31(43)44)37-30(42)24-13-32(17-45-11-10-34)14-26(32)39(24)27(40)15-36-29(41)19-2-6-22(7-3-19)46-23-8-4-21(33)5-9-23/h2-9,12,16,18,24,26H,10-11,13-15,17,34H2,1H3,(H2,35,38)(H,36,41)(H,37,42)(H,43,44)/t18-,24+,26+,32-/m1/s1. The summed E-state index contributed by atoms with van der Waals surface area (Å²) in [6.07, 6.45) is -0.293. The number of carboxylic acid groups (broad SMARTS) is 1. The number of nitrogens with one attached hydrogen (secondary N) is 4. The molecule has 248 valence electrons. The Bertz CT molecular complexity index is 1650. The lowest BCUT2D eigenvalue weighted by Gasteiger charge is -2.28. The summed E-state index contributed by atoms with van der Waals surface area (Å²) in [5.41, 5.74) is 5.87. The van der Waals surface area contributed by atoms with Gasteiger partial charge in [-0.2, -0.15) is 0 Å². The van der Waals surface area contributed by atoms with Crippen LogP contribution in [0.3, 0.4) is 0 Å². The predicted molar refractivity (Wildman–Crippen MR) is 170 cm³/mol. The zero-order valence-corrected chi connectivity index (χ0v) is 26.3. The maximum atomic E-state index is 13.6. The molecule has 2 fully saturated rings. The normalized spacial score (nSPS) is 20.1. The van der Waals surface area contributed by atoms with Gasteiger partial charge in [-0.15, -0.1) is 11.3 Å². The number of amidine groups is 1. The Hall–Kier alpha value is -4.86. The Labute approximate surface area is 273 Å². The second kappa shape index (κ2) is 14.3. The summed E-state index contributed by atoms with van der Waals surface area (Å²) in [5, 5.41) is 26.0. The van der Waals surface area contributed by atoms with E-state index in [9.17, 15) is 23.6 Å². The van der Waals surface area contributed by atoms with E-state index in [1.807, 2.05) is 5.32 Å². The molecule has 2 aliphatic rings. The van der Waals surface area contributed by atoms with Crippen molar-refractivity contribution in [2.45, 2.75) is 37.9 Å². The number of hydrogen-bond acceptors (Lipinski definition) is 9. The molecule has 15 heteroatoms. The van der Waals surface area contributed by atoms with E-state index in [-0.39, 0.29) is 35.6 Å². The number of fused-ring (bicyclic) bond motifs is 1. The van der Waals surface area contributed by atoms with E-state index in [1.165, 1.54) is 35.6 Å². The number of carbonyl (C=O) groups is 4. The number of benzene rings is 2. The molecule has 1 aliphatic heterocycles. The highest BCUT2D eigenvalue weighted by atomic mass is 32.1. The molecule has 4 amide bonds. The van der Waals surface area contributed by atoms with Crippen molar-refractivity contribution < 1.29 is 38.1 Å². The third-order valence-corrected chi connectivity index (χ3v) is 9.27. The van der Waals surface area contributed by atoms with Crippen LogP contribution in [-0.2, 0) is 14.3 Å². The van der Waals surface area contributed by atoms with E-state index in [0.717, 1.165) is 0 Å². The topological polar surface area (TPSA) is 196 Å². The average molecular weight is 667 g/mol. The number of hydrogen-bond donors (Lipinski definition) is 6. The number of nitrogens with two attached hydrogens (primary N) is 1. The van der Waals surface area contributed by atoms with Gasteiger partial charge < -0.3 is 35.8 Å². The van der Waals surface area contributed by atoms with Crippen LogP contribution in [0, 0.1) is 16.6 Å². The molecule has 0 radical (unpaired) electrons. The van der Waals surface area contributed by atoms with Crippen molar-refractivity contribution >= 4 is 41.0 Å². The van der Waals surface area contributed by atoms with Crippen molar-refractivity contribution in [3.63, 3.8) is 0 Å². The van der Waals surface area contributed by atoms with E-state index < -0.39 is 30.0 Å². The lowest BCUT2D eigenvalue weighted by atomic mass is 10.00. The summed E-state index contributed by atoms with van der Waals surface area (Å²) >= 11 is 1.27. The first kappa shape index (κ1) is 33.5. The van der Waals surface area contributed by atoms with E-state index in [4.69, 9.17) is 25.7 Å². The molecule has 1 saturated carbocycles. The van der Waals surface area contributed by atoms with Crippen molar-refractivity contribution in [1.82, 2.24) is 20.9 Å². The summed E-state index contributed by atoms with van der Waals surface area (Å²) < 4.78 is 24.5. The predicted octanol–water partition coefficient (Wildman–Crippen LogP) is 3.21. The Balaban J connectivity index is 1.21. The smallest absolute Gasteiger partial charge is 0.410 e. The number of amides is 4. The molecule has 1 aromatic heterocycles. The molecule has 1 aliphatic carbocycles. The van der Waals surface area contributed by atoms with Crippen LogP contribution >= 0.6 is 11.3 Å². The summed E-state index contributed by atoms with van der Waals surface area (Å²) in [4.78, 5) is 53.2. The summed E-state index contributed by atoms with van der Waals surface area (Å²) in [6.45, 7) is 2.49. The van der Waals surface area contributed by atoms with Crippen LogP contribution in [0.2, 0.25) is 0 Å². The third kappa shape index (κ3) is 7.93. The van der Waals surface area contributed by atoms with Gasteiger partial charge in [-0.25, -0.2) is 9.18 Å². The Morgan fingerprint density at radius 2 is 1.79 bits per heavy atom. The van der Waals surface area contributed by atoms with Crippen LogP contribution < -0.4 is 26.4 Å². The molecule has 5 rings (SSSR count). The SMILES string of the molecule is C[C@@H](NC(=O)[C@@H]1C[C@]2(COCCN)C[C@@H]2N1C(=O)CNC(=O)c1ccc(Oc2ccc(F)cc2)cc1)c1cc(C(=N)NC(=O)O)cs1. The molecule has 0 unspecified atom stereocenters. The number of rotatable bonds is 13. The highest BCUT2D eigenvalue weighted by Gasteiger charge is 2.67. The van der Waals surface area contributed by atoms with Gasteiger partial charge in [-0.3, -0.25) is 25.1 Å². The Kier molecular flexibility index (Phi) is 10.2. The number of halogens is 1. The number of nitrogens with zero attached hydrogens (tertiary/aromatic N) is 1. The maximum Gasteiger partial charge on any atom is 0.410 e. The first-order valence-electron chi connectivity index (χ1n) is 14.9. The zero-order valence-electron chi connectivity index (χ0n) is 25.5.